The van der Waals surface area contributed by atoms with Crippen molar-refractivity contribution in [3.8, 4) is 0 Å². The molecule has 0 aromatic carbocycles. The Labute approximate surface area is 66.3 Å². The fraction of sp³-hybridized carbons (Fsp3) is 0. The smallest absolute Gasteiger partial charge is 0.188 e. The van der Waals surface area contributed by atoms with Crippen LogP contribution in [0, 0.1) is 0 Å². The minimum absolute atomic E-state index is 0.234. The lowest BCUT2D eigenvalue weighted by Gasteiger charge is -1.91. The lowest BCUT2D eigenvalue weighted by atomic mass is 10.6. The molecule has 0 atom stereocenters. The molecule has 0 spiro atoms. The summed E-state index contributed by atoms with van der Waals surface area (Å²) in [4.78, 5) is 6.44. The first-order chi connectivity index (χ1) is 5.92. The zero-order valence-electron chi connectivity index (χ0n) is 5.86. The first kappa shape index (κ1) is 6.56. The highest BCUT2D eigenvalue weighted by Gasteiger charge is 2.00. The Bertz CT molecular complexity index is 452. The Morgan fingerprint density at radius 1 is 1.58 bits per heavy atom. The van der Waals surface area contributed by atoms with E-state index in [0.717, 1.165) is 0 Å². The van der Waals surface area contributed by atoms with Crippen LogP contribution in [-0.4, -0.2) is 19.6 Å². The van der Waals surface area contributed by atoms with Gasteiger partial charge in [0.2, 0.25) is 0 Å². The van der Waals surface area contributed by atoms with Gasteiger partial charge in [-0.3, -0.25) is 4.40 Å². The van der Waals surface area contributed by atoms with Crippen molar-refractivity contribution in [3.05, 3.63) is 29.2 Å². The van der Waals surface area contributed by atoms with E-state index in [9.17, 15) is 0 Å². The number of aromatic nitrogens is 4. The summed E-state index contributed by atoms with van der Waals surface area (Å²) in [6.07, 6.45) is 4.69. The van der Waals surface area contributed by atoms with Crippen molar-refractivity contribution in [1.29, 1.82) is 0 Å². The van der Waals surface area contributed by atoms with Crippen LogP contribution < -0.4 is 0 Å². The quantitative estimate of drug-likeness (QED) is 0.355. The van der Waals surface area contributed by atoms with Gasteiger partial charge >= 0.3 is 0 Å². The van der Waals surface area contributed by atoms with Crippen LogP contribution in [0.2, 0.25) is 0 Å². The SMILES string of the molecule is [N-]=[N+]=Nc1nccn2cnnc12. The molecule has 0 saturated heterocycles. The van der Waals surface area contributed by atoms with Gasteiger partial charge in [0.05, 0.1) is 0 Å². The molecule has 0 aliphatic rings. The summed E-state index contributed by atoms with van der Waals surface area (Å²) in [7, 11) is 0. The summed E-state index contributed by atoms with van der Waals surface area (Å²) in [5.74, 6) is 0.234. The van der Waals surface area contributed by atoms with E-state index in [2.05, 4.69) is 25.2 Å². The van der Waals surface area contributed by atoms with Gasteiger partial charge in [-0.1, -0.05) is 0 Å². The summed E-state index contributed by atoms with van der Waals surface area (Å²) in [5, 5.41) is 10.7. The van der Waals surface area contributed by atoms with Gasteiger partial charge in [-0.25, -0.2) is 4.98 Å². The molecule has 0 bridgehead atoms. The average molecular weight is 161 g/mol. The Morgan fingerprint density at radius 2 is 2.50 bits per heavy atom. The fourth-order valence-electron chi connectivity index (χ4n) is 0.858. The highest BCUT2D eigenvalue weighted by Crippen LogP contribution is 2.12. The molecule has 2 aromatic rings. The average Bonchev–Trinajstić information content (AvgIpc) is 2.53. The van der Waals surface area contributed by atoms with E-state index in [0.29, 0.717) is 5.65 Å². The maximum Gasteiger partial charge on any atom is 0.188 e. The lowest BCUT2D eigenvalue weighted by Crippen LogP contribution is -1.84. The minimum Gasteiger partial charge on any atom is -0.286 e. The second kappa shape index (κ2) is 2.48. The summed E-state index contributed by atoms with van der Waals surface area (Å²) in [6, 6.07) is 0. The molecule has 2 aromatic heterocycles. The third-order valence-corrected chi connectivity index (χ3v) is 1.34. The molecule has 0 unspecified atom stereocenters. The van der Waals surface area contributed by atoms with Crippen LogP contribution in [0.15, 0.2) is 23.8 Å². The zero-order chi connectivity index (χ0) is 8.39. The van der Waals surface area contributed by atoms with E-state index in [1.807, 2.05) is 0 Å². The number of azide groups is 1. The predicted molar refractivity (Wildman–Crippen MR) is 39.6 cm³/mol. The molecule has 12 heavy (non-hydrogen) atoms. The third kappa shape index (κ3) is 0.850. The number of rotatable bonds is 1. The van der Waals surface area contributed by atoms with Crippen LogP contribution in [0.1, 0.15) is 0 Å². The van der Waals surface area contributed by atoms with Gasteiger partial charge in [0.15, 0.2) is 11.5 Å². The summed E-state index contributed by atoms with van der Waals surface area (Å²) in [6.45, 7) is 0. The standard InChI is InChI=1S/C5H3N7/c6-11-9-4-5-10-8-3-12(5)2-1-7-4/h1-3H. The van der Waals surface area contributed by atoms with Crippen molar-refractivity contribution < 1.29 is 0 Å². The normalized spacial score (nSPS) is 9.67. The van der Waals surface area contributed by atoms with Crippen LogP contribution in [0.4, 0.5) is 5.82 Å². The van der Waals surface area contributed by atoms with E-state index in [1.54, 1.807) is 10.6 Å². The molecule has 0 radical (unpaired) electrons. The van der Waals surface area contributed by atoms with Crippen LogP contribution in [0.3, 0.4) is 0 Å². The minimum atomic E-state index is 0.234. The topological polar surface area (TPSA) is 91.8 Å². The Hall–Kier alpha value is -2.14. The predicted octanol–water partition coefficient (Wildman–Crippen LogP) is 1.07. The van der Waals surface area contributed by atoms with E-state index >= 15 is 0 Å². The van der Waals surface area contributed by atoms with Gasteiger partial charge in [-0.05, 0) is 10.6 Å². The van der Waals surface area contributed by atoms with Crippen molar-refractivity contribution in [2.45, 2.75) is 0 Å². The van der Waals surface area contributed by atoms with Gasteiger partial charge in [-0.2, -0.15) is 0 Å². The van der Waals surface area contributed by atoms with Gasteiger partial charge in [0, 0.05) is 17.3 Å². The zero-order valence-corrected chi connectivity index (χ0v) is 5.86. The molecule has 58 valence electrons. The molecule has 0 amide bonds. The van der Waals surface area contributed by atoms with Crippen molar-refractivity contribution in [1.82, 2.24) is 19.6 Å². The van der Waals surface area contributed by atoms with Crippen LogP contribution in [0.5, 0.6) is 0 Å². The highest BCUT2D eigenvalue weighted by molar-refractivity contribution is 5.56. The summed E-state index contributed by atoms with van der Waals surface area (Å²) >= 11 is 0. The fourth-order valence-corrected chi connectivity index (χ4v) is 0.858. The van der Waals surface area contributed by atoms with Crippen molar-refractivity contribution in [2.24, 2.45) is 5.11 Å². The second-order valence-electron chi connectivity index (χ2n) is 2.00. The molecule has 0 aliphatic heterocycles. The van der Waals surface area contributed by atoms with Gasteiger partial charge < -0.3 is 0 Å². The largest absolute Gasteiger partial charge is 0.286 e. The van der Waals surface area contributed by atoms with Crippen molar-refractivity contribution in [3.63, 3.8) is 0 Å². The lowest BCUT2D eigenvalue weighted by molar-refractivity contribution is 1.10. The molecule has 0 saturated carbocycles. The number of hydrogen-bond donors (Lipinski definition) is 0. The third-order valence-electron chi connectivity index (χ3n) is 1.34. The van der Waals surface area contributed by atoms with E-state index in [1.165, 1.54) is 12.5 Å². The highest BCUT2D eigenvalue weighted by atomic mass is 15.3. The van der Waals surface area contributed by atoms with Crippen LogP contribution in [0.25, 0.3) is 16.1 Å². The van der Waals surface area contributed by atoms with Crippen molar-refractivity contribution in [2.75, 3.05) is 0 Å². The van der Waals surface area contributed by atoms with Crippen LogP contribution >= 0.6 is 0 Å². The summed E-state index contributed by atoms with van der Waals surface area (Å²) in [5.41, 5.74) is 8.63. The molecule has 0 aliphatic carbocycles. The first-order valence-electron chi connectivity index (χ1n) is 3.11. The molecule has 2 heterocycles. The van der Waals surface area contributed by atoms with Crippen molar-refractivity contribution >= 4 is 11.5 Å². The van der Waals surface area contributed by atoms with E-state index < -0.39 is 0 Å². The molecular formula is C5H3N7. The van der Waals surface area contributed by atoms with Gasteiger partial charge in [0.1, 0.15) is 6.33 Å². The Kier molecular flexibility index (Phi) is 1.36. The Balaban J connectivity index is 2.81. The Morgan fingerprint density at radius 3 is 3.33 bits per heavy atom. The molecule has 2 rings (SSSR count). The maximum atomic E-state index is 8.18. The molecular weight excluding hydrogens is 158 g/mol. The van der Waals surface area contributed by atoms with Gasteiger partial charge in [-0.15, -0.1) is 10.2 Å². The van der Waals surface area contributed by atoms with Gasteiger partial charge in [0.25, 0.3) is 0 Å². The number of fused-ring (bicyclic) bond motifs is 1. The molecule has 0 fully saturated rings. The monoisotopic (exact) mass is 161 g/mol. The summed E-state index contributed by atoms with van der Waals surface area (Å²) < 4.78 is 1.62. The number of hydrogen-bond acceptors (Lipinski definition) is 4. The van der Waals surface area contributed by atoms with Crippen LogP contribution in [-0.2, 0) is 0 Å². The second-order valence-corrected chi connectivity index (χ2v) is 2.00. The molecule has 0 N–H and O–H groups in total. The molecule has 7 nitrogen and oxygen atoms in total. The van der Waals surface area contributed by atoms with E-state index in [4.69, 9.17) is 5.53 Å². The maximum absolute atomic E-state index is 8.18. The molecule has 7 heteroatoms. The number of nitrogens with zero attached hydrogens (tertiary/aromatic N) is 7. The first-order valence-corrected chi connectivity index (χ1v) is 3.11. The van der Waals surface area contributed by atoms with E-state index in [-0.39, 0.29) is 5.82 Å².